The van der Waals surface area contributed by atoms with Crippen molar-refractivity contribution >= 4 is 28.3 Å². The number of ether oxygens (including phenoxy) is 2. The molecule has 3 aromatic rings. The third-order valence-corrected chi connectivity index (χ3v) is 5.25. The molecule has 1 amide bonds. The van der Waals surface area contributed by atoms with Crippen LogP contribution in [0.4, 0.5) is 5.69 Å². The maximum Gasteiger partial charge on any atom is 0.307 e. The number of fused-ring (bicyclic) bond motifs is 2. The average Bonchev–Trinajstić information content (AvgIpc) is 3.08. The van der Waals surface area contributed by atoms with Crippen LogP contribution in [0.15, 0.2) is 48.5 Å². The fourth-order valence-corrected chi connectivity index (χ4v) is 3.93. The van der Waals surface area contributed by atoms with Gasteiger partial charge in [-0.15, -0.1) is 0 Å². The number of carbonyl (C=O) groups excluding carboxylic acids is 1. The van der Waals surface area contributed by atoms with Crippen LogP contribution >= 0.6 is 0 Å². The molecule has 0 aromatic heterocycles. The number of hydrogen-bond donors (Lipinski definition) is 1. The van der Waals surface area contributed by atoms with Crippen molar-refractivity contribution in [2.24, 2.45) is 0 Å². The lowest BCUT2D eigenvalue weighted by Gasteiger charge is -2.16. The Morgan fingerprint density at radius 1 is 1.07 bits per heavy atom. The van der Waals surface area contributed by atoms with Crippen molar-refractivity contribution in [3.05, 3.63) is 65.2 Å². The van der Waals surface area contributed by atoms with E-state index in [-0.39, 0.29) is 12.3 Å². The van der Waals surface area contributed by atoms with Crippen molar-refractivity contribution in [1.29, 1.82) is 0 Å². The fourth-order valence-electron chi connectivity index (χ4n) is 3.93. The SMILES string of the molecule is CCCOc1c2c(c(OC)c3ccccc13)C(=O)N(c1ccc(CC(=O)O)cc1)C2. The summed E-state index contributed by atoms with van der Waals surface area (Å²) in [5.41, 5.74) is 2.74. The average molecular weight is 405 g/mol. The zero-order chi connectivity index (χ0) is 21.3. The Hall–Kier alpha value is -3.54. The number of nitrogens with zero attached hydrogens (tertiary/aromatic N) is 1. The summed E-state index contributed by atoms with van der Waals surface area (Å²) in [6.07, 6.45) is 0.806. The third-order valence-electron chi connectivity index (χ3n) is 5.25. The van der Waals surface area contributed by atoms with Gasteiger partial charge in [0.2, 0.25) is 0 Å². The lowest BCUT2D eigenvalue weighted by atomic mass is 9.99. The second kappa shape index (κ2) is 8.06. The van der Waals surface area contributed by atoms with Crippen molar-refractivity contribution < 1.29 is 24.2 Å². The minimum atomic E-state index is -0.887. The highest BCUT2D eigenvalue weighted by molar-refractivity contribution is 6.16. The molecule has 1 aliphatic heterocycles. The number of amides is 1. The van der Waals surface area contributed by atoms with Gasteiger partial charge in [0.25, 0.3) is 5.91 Å². The molecule has 0 bridgehead atoms. The van der Waals surface area contributed by atoms with Crippen LogP contribution < -0.4 is 14.4 Å². The predicted molar refractivity (Wildman–Crippen MR) is 115 cm³/mol. The fraction of sp³-hybridized carbons (Fsp3) is 0.250. The number of anilines is 1. The molecule has 0 saturated carbocycles. The van der Waals surface area contributed by atoms with E-state index in [0.717, 1.165) is 28.5 Å². The van der Waals surface area contributed by atoms with Crippen molar-refractivity contribution in [3.8, 4) is 11.5 Å². The maximum absolute atomic E-state index is 13.4. The van der Waals surface area contributed by atoms with E-state index >= 15 is 0 Å². The molecule has 0 fully saturated rings. The molecule has 4 rings (SSSR count). The monoisotopic (exact) mass is 405 g/mol. The first-order chi connectivity index (χ1) is 14.5. The quantitative estimate of drug-likeness (QED) is 0.630. The molecule has 3 aromatic carbocycles. The highest BCUT2D eigenvalue weighted by Gasteiger charge is 2.36. The van der Waals surface area contributed by atoms with Crippen LogP contribution in [0.5, 0.6) is 11.5 Å². The Labute approximate surface area is 174 Å². The molecule has 6 heteroatoms. The Kier molecular flexibility index (Phi) is 5.31. The first-order valence-corrected chi connectivity index (χ1v) is 9.92. The number of carboxylic acid groups (broad SMARTS) is 1. The van der Waals surface area contributed by atoms with Crippen molar-refractivity contribution in [1.82, 2.24) is 0 Å². The highest BCUT2D eigenvalue weighted by atomic mass is 16.5. The van der Waals surface area contributed by atoms with E-state index in [0.29, 0.717) is 35.7 Å². The highest BCUT2D eigenvalue weighted by Crippen LogP contribution is 2.45. The largest absolute Gasteiger partial charge is 0.495 e. The Morgan fingerprint density at radius 3 is 2.33 bits per heavy atom. The van der Waals surface area contributed by atoms with Gasteiger partial charge >= 0.3 is 5.97 Å². The van der Waals surface area contributed by atoms with Gasteiger partial charge in [-0.2, -0.15) is 0 Å². The Balaban J connectivity index is 1.81. The summed E-state index contributed by atoms with van der Waals surface area (Å²) in [7, 11) is 1.57. The zero-order valence-electron chi connectivity index (χ0n) is 17.0. The first-order valence-electron chi connectivity index (χ1n) is 9.92. The van der Waals surface area contributed by atoms with Crippen molar-refractivity contribution in [3.63, 3.8) is 0 Å². The van der Waals surface area contributed by atoms with Crippen LogP contribution in [0.1, 0.15) is 34.8 Å². The van der Waals surface area contributed by atoms with E-state index < -0.39 is 5.97 Å². The van der Waals surface area contributed by atoms with Gasteiger partial charge in [-0.1, -0.05) is 43.3 Å². The summed E-state index contributed by atoms with van der Waals surface area (Å²) in [6.45, 7) is 2.97. The molecule has 30 heavy (non-hydrogen) atoms. The number of rotatable bonds is 7. The molecule has 0 spiro atoms. The summed E-state index contributed by atoms with van der Waals surface area (Å²) < 4.78 is 11.8. The van der Waals surface area contributed by atoms with Gasteiger partial charge in [0.15, 0.2) is 0 Å². The molecule has 0 aliphatic carbocycles. The lowest BCUT2D eigenvalue weighted by Crippen LogP contribution is -2.23. The molecule has 0 radical (unpaired) electrons. The second-order valence-electron chi connectivity index (χ2n) is 7.24. The van der Waals surface area contributed by atoms with Crippen LogP contribution in [0, 0.1) is 0 Å². The molecule has 0 atom stereocenters. The van der Waals surface area contributed by atoms with Crippen LogP contribution in [0.25, 0.3) is 10.8 Å². The van der Waals surface area contributed by atoms with Crippen molar-refractivity contribution in [2.45, 2.75) is 26.3 Å². The minimum Gasteiger partial charge on any atom is -0.495 e. The number of methoxy groups -OCH3 is 1. The number of aliphatic carboxylic acids is 1. The summed E-state index contributed by atoms with van der Waals surface area (Å²) in [4.78, 5) is 26.0. The standard InChI is InChI=1S/C24H23NO5/c1-3-12-30-22-17-6-4-5-7-18(17)23(29-2)21-19(22)14-25(24(21)28)16-10-8-15(9-11-16)13-20(26)27/h4-11H,3,12-14H2,1-2H3,(H,26,27). The van der Waals surface area contributed by atoms with E-state index in [2.05, 4.69) is 0 Å². The zero-order valence-corrected chi connectivity index (χ0v) is 17.0. The van der Waals surface area contributed by atoms with Gasteiger partial charge in [-0.05, 0) is 24.1 Å². The van der Waals surface area contributed by atoms with Crippen LogP contribution in [-0.2, 0) is 17.8 Å². The van der Waals surface area contributed by atoms with E-state index in [9.17, 15) is 9.59 Å². The summed E-state index contributed by atoms with van der Waals surface area (Å²) in [5.74, 6) is 0.238. The van der Waals surface area contributed by atoms with Crippen molar-refractivity contribution in [2.75, 3.05) is 18.6 Å². The van der Waals surface area contributed by atoms with E-state index in [1.165, 1.54) is 0 Å². The smallest absolute Gasteiger partial charge is 0.307 e. The van der Waals surface area contributed by atoms with E-state index in [1.54, 1.807) is 36.3 Å². The molecule has 1 aliphatic rings. The van der Waals surface area contributed by atoms with E-state index in [1.807, 2.05) is 31.2 Å². The number of carboxylic acids is 1. The van der Waals surface area contributed by atoms with E-state index in [4.69, 9.17) is 14.6 Å². The predicted octanol–water partition coefficient (Wildman–Crippen LogP) is 4.42. The van der Waals surface area contributed by atoms with Gasteiger partial charge < -0.3 is 19.5 Å². The number of benzene rings is 3. The normalized spacial score (nSPS) is 12.9. The molecule has 0 unspecified atom stereocenters. The van der Waals surface area contributed by atoms with Gasteiger partial charge in [0, 0.05) is 22.0 Å². The van der Waals surface area contributed by atoms with Gasteiger partial charge in [0.05, 0.1) is 32.2 Å². The Morgan fingerprint density at radius 2 is 1.73 bits per heavy atom. The van der Waals surface area contributed by atoms with Crippen LogP contribution in [0.2, 0.25) is 0 Å². The summed E-state index contributed by atoms with van der Waals surface area (Å²) >= 11 is 0. The molecule has 154 valence electrons. The molecule has 0 saturated heterocycles. The summed E-state index contributed by atoms with van der Waals surface area (Å²) in [5, 5.41) is 10.7. The second-order valence-corrected chi connectivity index (χ2v) is 7.24. The molecule has 1 N–H and O–H groups in total. The van der Waals surface area contributed by atoms with Crippen LogP contribution in [0.3, 0.4) is 0 Å². The Bertz CT molecular complexity index is 1120. The summed E-state index contributed by atoms with van der Waals surface area (Å²) in [6, 6.07) is 14.8. The first kappa shape index (κ1) is 19.8. The van der Waals surface area contributed by atoms with Gasteiger partial charge in [-0.3, -0.25) is 9.59 Å². The topological polar surface area (TPSA) is 76.1 Å². The number of carbonyl (C=O) groups is 2. The number of hydrogen-bond acceptors (Lipinski definition) is 4. The minimum absolute atomic E-state index is 0.0529. The lowest BCUT2D eigenvalue weighted by molar-refractivity contribution is -0.136. The molecule has 6 nitrogen and oxygen atoms in total. The van der Waals surface area contributed by atoms with Gasteiger partial charge in [0.1, 0.15) is 11.5 Å². The third kappa shape index (κ3) is 3.34. The molecular formula is C24H23NO5. The molecule has 1 heterocycles. The maximum atomic E-state index is 13.4. The molecular weight excluding hydrogens is 382 g/mol. The van der Waals surface area contributed by atoms with Crippen LogP contribution in [-0.4, -0.2) is 30.7 Å². The van der Waals surface area contributed by atoms with Gasteiger partial charge in [-0.25, -0.2) is 0 Å².